The number of carbonyl (C=O) groups excluding carboxylic acids is 2. The highest BCUT2D eigenvalue weighted by Crippen LogP contribution is 2.53. The number of aromatic nitrogens is 1. The van der Waals surface area contributed by atoms with Crippen molar-refractivity contribution in [2.45, 2.75) is 56.8 Å². The summed E-state index contributed by atoms with van der Waals surface area (Å²) >= 11 is 6.15. The molecule has 0 radical (unpaired) electrons. The van der Waals surface area contributed by atoms with Gasteiger partial charge in [-0.15, -0.1) is 0 Å². The lowest BCUT2D eigenvalue weighted by molar-refractivity contribution is -0.117. The number of pyridine rings is 1. The molecule has 8 nitrogen and oxygen atoms in total. The van der Waals surface area contributed by atoms with Gasteiger partial charge in [-0.05, 0) is 68.4 Å². The van der Waals surface area contributed by atoms with E-state index in [0.29, 0.717) is 11.5 Å². The number of anilines is 2. The summed E-state index contributed by atoms with van der Waals surface area (Å²) in [5.74, 6) is -0.945. The molecule has 5 rings (SSSR count). The van der Waals surface area contributed by atoms with Gasteiger partial charge in [-0.1, -0.05) is 11.6 Å². The highest BCUT2D eigenvalue weighted by atomic mass is 35.5. The summed E-state index contributed by atoms with van der Waals surface area (Å²) in [6.07, 6.45) is -0.358. The quantitative estimate of drug-likeness (QED) is 0.561. The molecule has 2 saturated carbocycles. The molecule has 2 aliphatic carbocycles. The van der Waals surface area contributed by atoms with E-state index in [4.69, 9.17) is 11.6 Å². The molecule has 0 bridgehead atoms. The Kier molecular flexibility index (Phi) is 6.10. The first-order chi connectivity index (χ1) is 17.5. The number of carbonyl (C=O) groups is 2. The number of aryl methyl sites for hydroxylation is 1. The van der Waals surface area contributed by atoms with Crippen molar-refractivity contribution >= 4 is 40.6 Å². The van der Waals surface area contributed by atoms with Gasteiger partial charge in [0.05, 0.1) is 27.9 Å². The van der Waals surface area contributed by atoms with Gasteiger partial charge in [-0.2, -0.15) is 23.5 Å². The molecule has 12 heteroatoms. The molecule has 2 heterocycles. The Morgan fingerprint density at radius 2 is 2.00 bits per heavy atom. The lowest BCUT2D eigenvalue weighted by Gasteiger charge is -2.24. The van der Waals surface area contributed by atoms with Gasteiger partial charge in [-0.3, -0.25) is 9.59 Å². The van der Waals surface area contributed by atoms with Crippen LogP contribution in [0.4, 0.5) is 24.7 Å². The number of rotatable bonds is 6. The monoisotopic (exact) mass is 530 g/mol. The minimum Gasteiger partial charge on any atom is -0.346 e. The molecule has 1 unspecified atom stereocenters. The number of halogens is 4. The molecule has 3 aliphatic rings. The van der Waals surface area contributed by atoms with E-state index in [1.165, 1.54) is 30.5 Å². The molecule has 192 valence electrons. The number of amides is 2. The highest BCUT2D eigenvalue weighted by Gasteiger charge is 2.55. The summed E-state index contributed by atoms with van der Waals surface area (Å²) < 4.78 is 40.6. The molecule has 1 aromatic carbocycles. The van der Waals surface area contributed by atoms with Crippen LogP contribution in [0.1, 0.15) is 53.6 Å². The first kappa shape index (κ1) is 25.0. The van der Waals surface area contributed by atoms with Crippen molar-refractivity contribution in [2.24, 2.45) is 11.0 Å². The van der Waals surface area contributed by atoms with E-state index in [0.717, 1.165) is 30.7 Å². The minimum absolute atomic E-state index is 0.0249. The Morgan fingerprint density at radius 3 is 2.59 bits per heavy atom. The maximum Gasteiger partial charge on any atom is 0.431 e. The molecule has 2 fully saturated rings. The number of hydrogen-bond donors (Lipinski definition) is 2. The fraction of sp³-hybridized carbons (Fsp3) is 0.400. The Bertz CT molecular complexity index is 1360. The van der Waals surface area contributed by atoms with Gasteiger partial charge in [0.15, 0.2) is 5.82 Å². The zero-order chi connectivity index (χ0) is 26.5. The minimum atomic E-state index is -4.76. The van der Waals surface area contributed by atoms with Crippen molar-refractivity contribution < 1.29 is 22.8 Å². The van der Waals surface area contributed by atoms with Crippen molar-refractivity contribution in [3.63, 3.8) is 0 Å². The second kappa shape index (κ2) is 9.03. The molecule has 2 N–H and O–H groups in total. The molecular formula is C25H22ClF3N6O2. The Morgan fingerprint density at radius 1 is 1.27 bits per heavy atom. The van der Waals surface area contributed by atoms with Gasteiger partial charge in [0.2, 0.25) is 5.91 Å². The summed E-state index contributed by atoms with van der Waals surface area (Å²) in [6.45, 7) is 1.61. The maximum atomic E-state index is 13.5. The largest absolute Gasteiger partial charge is 0.431 e. The van der Waals surface area contributed by atoms with Gasteiger partial charge in [0, 0.05) is 18.2 Å². The molecule has 0 saturated heterocycles. The molecule has 37 heavy (non-hydrogen) atoms. The van der Waals surface area contributed by atoms with Crippen LogP contribution in [0.15, 0.2) is 35.6 Å². The second-order valence-electron chi connectivity index (χ2n) is 9.62. The average Bonchev–Trinajstić information content (AvgIpc) is 3.77. The van der Waals surface area contributed by atoms with Crippen LogP contribution < -0.4 is 15.6 Å². The van der Waals surface area contributed by atoms with Gasteiger partial charge >= 0.3 is 6.18 Å². The van der Waals surface area contributed by atoms with E-state index in [-0.39, 0.29) is 33.2 Å². The maximum absolute atomic E-state index is 13.5. The number of nitrogens with one attached hydrogen (secondary N) is 2. The lowest BCUT2D eigenvalue weighted by atomic mass is 10.0. The van der Waals surface area contributed by atoms with Crippen LogP contribution in [0.5, 0.6) is 0 Å². The topological polar surface area (TPSA) is 110 Å². The number of hydrazone groups is 1. The SMILES string of the molecule is Cc1cc(C#N)cc(C(=O)NC2(C3CC3)CC2)c1NC(=O)C1CC(C(F)(F)F)=NN1c1ncccc1Cl. The molecule has 1 atom stereocenters. The van der Waals surface area contributed by atoms with E-state index in [1.807, 2.05) is 6.07 Å². The van der Waals surface area contributed by atoms with Crippen LogP contribution in [-0.2, 0) is 4.79 Å². The Balaban J connectivity index is 1.46. The molecule has 0 spiro atoms. The van der Waals surface area contributed by atoms with Crippen molar-refractivity contribution in [2.75, 3.05) is 10.3 Å². The Hall–Kier alpha value is -3.65. The smallest absolute Gasteiger partial charge is 0.346 e. The first-order valence-electron chi connectivity index (χ1n) is 11.7. The van der Waals surface area contributed by atoms with E-state index >= 15 is 0 Å². The zero-order valence-electron chi connectivity index (χ0n) is 19.7. The van der Waals surface area contributed by atoms with E-state index in [1.54, 1.807) is 6.92 Å². The van der Waals surface area contributed by atoms with Crippen molar-refractivity contribution in [3.05, 3.63) is 52.2 Å². The summed E-state index contributed by atoms with van der Waals surface area (Å²) in [6, 6.07) is 6.39. The van der Waals surface area contributed by atoms with Gasteiger partial charge < -0.3 is 10.6 Å². The third-order valence-electron chi connectivity index (χ3n) is 6.96. The van der Waals surface area contributed by atoms with Crippen molar-refractivity contribution in [1.82, 2.24) is 10.3 Å². The Labute approximate surface area is 215 Å². The molecule has 2 amide bonds. The number of alkyl halides is 3. The lowest BCUT2D eigenvalue weighted by Crippen LogP contribution is -2.41. The van der Waals surface area contributed by atoms with E-state index in [2.05, 4.69) is 20.7 Å². The van der Waals surface area contributed by atoms with Crippen LogP contribution in [0.2, 0.25) is 5.02 Å². The predicted octanol–water partition coefficient (Wildman–Crippen LogP) is 4.72. The zero-order valence-corrected chi connectivity index (χ0v) is 20.5. The van der Waals surface area contributed by atoms with Crippen molar-refractivity contribution in [3.8, 4) is 6.07 Å². The molecule has 1 aromatic heterocycles. The normalized spacial score (nSPS) is 20.2. The van der Waals surface area contributed by atoms with E-state index in [9.17, 15) is 28.0 Å². The summed E-state index contributed by atoms with van der Waals surface area (Å²) in [4.78, 5) is 30.7. The number of nitrogens with zero attached hydrogens (tertiary/aromatic N) is 4. The number of hydrogen-bond acceptors (Lipinski definition) is 6. The molecule has 2 aromatic rings. The summed E-state index contributed by atoms with van der Waals surface area (Å²) in [7, 11) is 0. The first-order valence-corrected chi connectivity index (χ1v) is 12.1. The number of benzene rings is 1. The van der Waals surface area contributed by atoms with Gasteiger partial charge in [0.25, 0.3) is 5.91 Å². The molecular weight excluding hydrogens is 509 g/mol. The fourth-order valence-electron chi connectivity index (χ4n) is 4.73. The number of nitriles is 1. The third kappa shape index (κ3) is 4.85. The van der Waals surface area contributed by atoms with Gasteiger partial charge in [-0.25, -0.2) is 9.99 Å². The van der Waals surface area contributed by atoms with Crippen LogP contribution in [0.3, 0.4) is 0 Å². The standard InChI is InChI=1S/C25H22ClF3N6O2/c1-13-9-14(12-30)10-16(22(36)33-24(6-7-24)15-4-5-15)20(13)32-23(37)18-11-19(25(27,28)29)34-35(18)21-17(26)3-2-8-31-21/h2-3,8-10,15,18H,4-7,11H2,1H3,(H,32,37)(H,33,36). The van der Waals surface area contributed by atoms with Crippen LogP contribution in [0, 0.1) is 24.2 Å². The fourth-order valence-corrected chi connectivity index (χ4v) is 4.94. The summed E-state index contributed by atoms with van der Waals surface area (Å²) in [5.41, 5.74) is -0.560. The average molecular weight is 531 g/mol. The van der Waals surface area contributed by atoms with Crippen LogP contribution in [-0.4, -0.2) is 40.3 Å². The van der Waals surface area contributed by atoms with Crippen LogP contribution >= 0.6 is 11.6 Å². The van der Waals surface area contributed by atoms with Gasteiger partial charge in [0.1, 0.15) is 11.8 Å². The highest BCUT2D eigenvalue weighted by molar-refractivity contribution is 6.33. The van der Waals surface area contributed by atoms with Crippen LogP contribution in [0.25, 0.3) is 0 Å². The second-order valence-corrected chi connectivity index (χ2v) is 10.0. The van der Waals surface area contributed by atoms with Crippen molar-refractivity contribution in [1.29, 1.82) is 5.26 Å². The molecule has 1 aliphatic heterocycles. The summed E-state index contributed by atoms with van der Waals surface area (Å²) in [5, 5.41) is 19.6. The third-order valence-corrected chi connectivity index (χ3v) is 7.26. The van der Waals surface area contributed by atoms with E-state index < -0.39 is 36.2 Å². The predicted molar refractivity (Wildman–Crippen MR) is 130 cm³/mol.